The predicted molar refractivity (Wildman–Crippen MR) is 63.5 cm³/mol. The molecule has 6 heteroatoms. The summed E-state index contributed by atoms with van der Waals surface area (Å²) in [7, 11) is 0. The highest BCUT2D eigenvalue weighted by Gasteiger charge is 2.11. The first-order chi connectivity index (χ1) is 7.61. The van der Waals surface area contributed by atoms with E-state index in [0.29, 0.717) is 21.3 Å². The van der Waals surface area contributed by atoms with E-state index in [0.717, 1.165) is 0 Å². The lowest BCUT2D eigenvalue weighted by molar-refractivity contribution is 0.281. The Morgan fingerprint density at radius 3 is 2.69 bits per heavy atom. The number of nitrogens with zero attached hydrogens (tertiary/aromatic N) is 1. The van der Waals surface area contributed by atoms with Crippen LogP contribution in [0.2, 0.25) is 10.0 Å². The Bertz CT molecular complexity index is 530. The fourth-order valence-electron chi connectivity index (χ4n) is 1.23. The molecule has 0 amide bonds. The van der Waals surface area contributed by atoms with E-state index >= 15 is 0 Å². The van der Waals surface area contributed by atoms with Gasteiger partial charge in [0, 0.05) is 10.9 Å². The zero-order chi connectivity index (χ0) is 11.7. The molecule has 84 valence electrons. The van der Waals surface area contributed by atoms with Crippen molar-refractivity contribution in [1.29, 1.82) is 0 Å². The van der Waals surface area contributed by atoms with Crippen molar-refractivity contribution >= 4 is 34.5 Å². The molecule has 2 rings (SSSR count). The van der Waals surface area contributed by atoms with Crippen LogP contribution < -0.4 is 0 Å². The molecule has 0 unspecified atom stereocenters. The second-order valence-electron chi connectivity index (χ2n) is 3.03. The molecule has 0 aliphatic heterocycles. The van der Waals surface area contributed by atoms with Crippen molar-refractivity contribution in [3.8, 4) is 11.3 Å². The second-order valence-corrected chi connectivity index (χ2v) is 4.79. The smallest absolute Gasteiger partial charge is 0.142 e. The third kappa shape index (κ3) is 2.20. The minimum absolute atomic E-state index is 0.0219. The van der Waals surface area contributed by atoms with E-state index < -0.39 is 5.82 Å². The number of aliphatic hydroxyl groups excluding tert-OH is 1. The van der Waals surface area contributed by atoms with Crippen LogP contribution in [-0.2, 0) is 6.61 Å². The van der Waals surface area contributed by atoms with Crippen molar-refractivity contribution in [3.05, 3.63) is 38.4 Å². The van der Waals surface area contributed by atoms with Gasteiger partial charge in [-0.25, -0.2) is 9.37 Å². The normalized spacial score (nSPS) is 10.8. The van der Waals surface area contributed by atoms with Crippen molar-refractivity contribution in [3.63, 3.8) is 0 Å². The number of halogens is 3. The first-order valence-corrected chi connectivity index (χ1v) is 5.95. The fourth-order valence-corrected chi connectivity index (χ4v) is 2.36. The predicted octanol–water partition coefficient (Wildman–Crippen LogP) is 3.75. The maximum Gasteiger partial charge on any atom is 0.142 e. The average molecular weight is 278 g/mol. The molecule has 0 saturated heterocycles. The Kier molecular flexibility index (Phi) is 3.44. The first kappa shape index (κ1) is 11.8. The largest absolute Gasteiger partial charge is 0.389 e. The highest BCUT2D eigenvalue weighted by molar-refractivity contribution is 7.09. The molecule has 16 heavy (non-hydrogen) atoms. The van der Waals surface area contributed by atoms with E-state index in [-0.39, 0.29) is 11.6 Å². The SMILES string of the molecule is OCc1nc(-c2cc(F)c(Cl)cc2Cl)cs1. The number of rotatable bonds is 2. The van der Waals surface area contributed by atoms with Gasteiger partial charge in [-0.15, -0.1) is 11.3 Å². The lowest BCUT2D eigenvalue weighted by Crippen LogP contribution is -1.86. The van der Waals surface area contributed by atoms with Gasteiger partial charge in [0.15, 0.2) is 0 Å². The Morgan fingerprint density at radius 2 is 2.06 bits per heavy atom. The zero-order valence-electron chi connectivity index (χ0n) is 7.88. The van der Waals surface area contributed by atoms with E-state index in [9.17, 15) is 4.39 Å². The lowest BCUT2D eigenvalue weighted by atomic mass is 10.2. The number of aliphatic hydroxyl groups is 1. The first-order valence-electron chi connectivity index (χ1n) is 4.32. The summed E-state index contributed by atoms with van der Waals surface area (Å²) in [6.45, 7) is -0.141. The molecule has 0 bridgehead atoms. The van der Waals surface area contributed by atoms with E-state index in [2.05, 4.69) is 4.98 Å². The van der Waals surface area contributed by atoms with Crippen LogP contribution in [0.4, 0.5) is 4.39 Å². The lowest BCUT2D eigenvalue weighted by Gasteiger charge is -2.02. The van der Waals surface area contributed by atoms with Crippen LogP contribution >= 0.6 is 34.5 Å². The maximum atomic E-state index is 13.3. The van der Waals surface area contributed by atoms with Crippen molar-refractivity contribution in [1.82, 2.24) is 4.98 Å². The highest BCUT2D eigenvalue weighted by Crippen LogP contribution is 2.32. The molecule has 1 aromatic heterocycles. The molecule has 0 radical (unpaired) electrons. The van der Waals surface area contributed by atoms with Gasteiger partial charge in [0.2, 0.25) is 0 Å². The van der Waals surface area contributed by atoms with Crippen LogP contribution in [-0.4, -0.2) is 10.1 Å². The van der Waals surface area contributed by atoms with Crippen LogP contribution in [0.1, 0.15) is 5.01 Å². The quantitative estimate of drug-likeness (QED) is 0.849. The molecular weight excluding hydrogens is 272 g/mol. The van der Waals surface area contributed by atoms with Gasteiger partial charge in [0.05, 0.1) is 22.3 Å². The van der Waals surface area contributed by atoms with Gasteiger partial charge in [0.1, 0.15) is 10.8 Å². The van der Waals surface area contributed by atoms with Gasteiger partial charge in [-0.05, 0) is 12.1 Å². The average Bonchev–Trinajstić information content (AvgIpc) is 2.71. The number of benzene rings is 1. The summed E-state index contributed by atoms with van der Waals surface area (Å²) in [6, 6.07) is 2.58. The molecule has 0 spiro atoms. The van der Waals surface area contributed by atoms with Gasteiger partial charge in [0.25, 0.3) is 0 Å². The third-order valence-electron chi connectivity index (χ3n) is 1.97. The molecule has 0 aliphatic carbocycles. The van der Waals surface area contributed by atoms with Crippen LogP contribution in [0.15, 0.2) is 17.5 Å². The van der Waals surface area contributed by atoms with Crippen LogP contribution in [0.5, 0.6) is 0 Å². The van der Waals surface area contributed by atoms with E-state index in [1.54, 1.807) is 5.38 Å². The standard InChI is InChI=1S/C10H6Cl2FNOS/c11-6-2-7(12)8(13)1-5(6)9-4-16-10(3-15)14-9/h1-2,4,15H,3H2. The number of aromatic nitrogens is 1. The van der Waals surface area contributed by atoms with Crippen LogP contribution in [0.25, 0.3) is 11.3 Å². The van der Waals surface area contributed by atoms with Gasteiger partial charge < -0.3 is 5.11 Å². The molecule has 2 nitrogen and oxygen atoms in total. The molecule has 0 saturated carbocycles. The Hall–Kier alpha value is -0.680. The van der Waals surface area contributed by atoms with Gasteiger partial charge >= 0.3 is 0 Å². The zero-order valence-corrected chi connectivity index (χ0v) is 10.2. The van der Waals surface area contributed by atoms with Crippen molar-refractivity contribution in [2.24, 2.45) is 0 Å². The third-order valence-corrected chi connectivity index (χ3v) is 3.41. The van der Waals surface area contributed by atoms with Crippen LogP contribution in [0.3, 0.4) is 0 Å². The van der Waals surface area contributed by atoms with Gasteiger partial charge in [-0.3, -0.25) is 0 Å². The second kappa shape index (κ2) is 4.67. The van der Waals surface area contributed by atoms with Crippen molar-refractivity contribution in [2.45, 2.75) is 6.61 Å². The summed E-state index contributed by atoms with van der Waals surface area (Å²) in [5.41, 5.74) is 1.01. The molecule has 0 atom stereocenters. The van der Waals surface area contributed by atoms with E-state index in [1.807, 2.05) is 0 Å². The minimum Gasteiger partial charge on any atom is -0.389 e. The van der Waals surface area contributed by atoms with Crippen LogP contribution in [0, 0.1) is 5.82 Å². The molecule has 0 fully saturated rings. The molecule has 1 heterocycles. The summed E-state index contributed by atoms with van der Waals surface area (Å²) >= 11 is 12.8. The molecule has 1 aromatic carbocycles. The number of hydrogen-bond acceptors (Lipinski definition) is 3. The molecule has 1 N–H and O–H groups in total. The summed E-state index contributed by atoms with van der Waals surface area (Å²) < 4.78 is 13.3. The van der Waals surface area contributed by atoms with Crippen molar-refractivity contribution < 1.29 is 9.50 Å². The number of hydrogen-bond donors (Lipinski definition) is 1. The monoisotopic (exact) mass is 277 g/mol. The molecule has 0 aliphatic rings. The summed E-state index contributed by atoms with van der Waals surface area (Å²) in [6.07, 6.45) is 0. The highest BCUT2D eigenvalue weighted by atomic mass is 35.5. The Balaban J connectivity index is 2.51. The van der Waals surface area contributed by atoms with E-state index in [1.165, 1.54) is 23.5 Å². The van der Waals surface area contributed by atoms with E-state index in [4.69, 9.17) is 28.3 Å². The Labute approximate surface area is 105 Å². The minimum atomic E-state index is -0.542. The number of thiazole rings is 1. The summed E-state index contributed by atoms with van der Waals surface area (Å²) in [5.74, 6) is -0.542. The molecular formula is C10H6Cl2FNOS. The maximum absolute atomic E-state index is 13.3. The summed E-state index contributed by atoms with van der Waals surface area (Å²) in [5, 5.41) is 11.5. The van der Waals surface area contributed by atoms with Gasteiger partial charge in [-0.1, -0.05) is 23.2 Å². The Morgan fingerprint density at radius 1 is 1.31 bits per heavy atom. The van der Waals surface area contributed by atoms with Gasteiger partial charge in [-0.2, -0.15) is 0 Å². The van der Waals surface area contributed by atoms with Crippen molar-refractivity contribution in [2.75, 3.05) is 0 Å². The summed E-state index contributed by atoms with van der Waals surface area (Å²) in [4.78, 5) is 4.10. The fraction of sp³-hybridized carbons (Fsp3) is 0.100. The topological polar surface area (TPSA) is 33.1 Å². The molecule has 2 aromatic rings.